The lowest BCUT2D eigenvalue weighted by Crippen LogP contribution is -2.40. The summed E-state index contributed by atoms with van der Waals surface area (Å²) in [6, 6.07) is 10.4. The van der Waals surface area contributed by atoms with Crippen molar-refractivity contribution in [1.29, 1.82) is 0 Å². The van der Waals surface area contributed by atoms with Crippen LogP contribution in [0.25, 0.3) is 0 Å². The molecule has 1 aromatic carbocycles. The Bertz CT molecular complexity index is 815. The molecule has 0 bridgehead atoms. The van der Waals surface area contributed by atoms with Gasteiger partial charge in [-0.15, -0.1) is 11.3 Å². The largest absolute Gasteiger partial charge is 0.294 e. The summed E-state index contributed by atoms with van der Waals surface area (Å²) in [5, 5.41) is 0. The van der Waals surface area contributed by atoms with E-state index >= 15 is 0 Å². The van der Waals surface area contributed by atoms with Crippen LogP contribution in [0.15, 0.2) is 47.0 Å². The van der Waals surface area contributed by atoms with E-state index in [0.717, 1.165) is 24.1 Å². The van der Waals surface area contributed by atoms with Crippen LogP contribution in [0.3, 0.4) is 0 Å². The fraction of sp³-hybridized carbons (Fsp3) is 0.400. The Labute approximate surface area is 141 Å². The zero-order chi connectivity index (χ0) is 16.2. The van der Waals surface area contributed by atoms with Crippen LogP contribution < -0.4 is 0 Å². The van der Waals surface area contributed by atoms with E-state index in [2.05, 4.69) is 50.0 Å². The van der Waals surface area contributed by atoms with Crippen LogP contribution in [-0.2, 0) is 16.6 Å². The van der Waals surface area contributed by atoms with Gasteiger partial charge in [0.15, 0.2) is 5.78 Å². The Balaban J connectivity index is 1.99. The van der Waals surface area contributed by atoms with Crippen LogP contribution in [0, 0.1) is 5.41 Å². The van der Waals surface area contributed by atoms with Crippen molar-refractivity contribution < 1.29 is 4.79 Å². The Morgan fingerprint density at radius 2 is 1.83 bits per heavy atom. The number of carbonyl (C=O) groups is 1. The molecule has 2 aliphatic rings. The molecule has 1 heterocycles. The molecule has 1 aromatic heterocycles. The number of Topliss-reactive ketones (excluding diaryl/α,β-unsaturated/α-hetero) is 1. The predicted octanol–water partition coefficient (Wildman–Crippen LogP) is 4.69. The highest BCUT2D eigenvalue weighted by molar-refractivity contribution is 7.10. The third kappa shape index (κ3) is 2.13. The maximum atomic E-state index is 13.1. The van der Waals surface area contributed by atoms with Crippen molar-refractivity contribution in [3.63, 3.8) is 0 Å². The Hall–Kier alpha value is -1.74. The summed E-state index contributed by atoms with van der Waals surface area (Å²) in [5.41, 5.74) is 6.34. The van der Waals surface area contributed by atoms with Gasteiger partial charge in [0, 0.05) is 23.3 Å². The molecule has 1 atom stereocenters. The molecule has 0 fully saturated rings. The number of fused-ring (bicyclic) bond motifs is 1. The molecule has 0 N–H and O–H groups in total. The summed E-state index contributed by atoms with van der Waals surface area (Å²) in [4.78, 5) is 19.0. The van der Waals surface area contributed by atoms with E-state index in [-0.39, 0.29) is 10.8 Å². The van der Waals surface area contributed by atoms with E-state index in [1.54, 1.807) is 11.3 Å². The van der Waals surface area contributed by atoms with Crippen molar-refractivity contribution >= 4 is 17.1 Å². The van der Waals surface area contributed by atoms with Crippen LogP contribution in [0.5, 0.6) is 0 Å². The number of carbonyl (C=O) groups excluding carboxylic acids is 1. The molecule has 0 unspecified atom stereocenters. The van der Waals surface area contributed by atoms with Crippen molar-refractivity contribution in [2.75, 3.05) is 0 Å². The summed E-state index contributed by atoms with van der Waals surface area (Å²) < 4.78 is 0. The van der Waals surface area contributed by atoms with Crippen LogP contribution >= 0.6 is 11.3 Å². The summed E-state index contributed by atoms with van der Waals surface area (Å²) in [6.07, 6.45) is 2.47. The summed E-state index contributed by atoms with van der Waals surface area (Å²) >= 11 is 1.69. The average molecular weight is 323 g/mol. The molecule has 23 heavy (non-hydrogen) atoms. The topological polar surface area (TPSA) is 30.0 Å². The molecule has 0 saturated heterocycles. The standard InChI is InChI=1S/C20H21NOS/c1-19(2)10-13-9-15-18(23-12-21-15)20(3,17(13)16(22)11-19)14-7-5-4-6-8-14/h4-8,12H,9-11H2,1-3H3/t20-/m1/s1. The quantitative estimate of drug-likeness (QED) is 0.762. The lowest BCUT2D eigenvalue weighted by molar-refractivity contribution is -0.118. The first-order valence-corrected chi connectivity index (χ1v) is 9.04. The first kappa shape index (κ1) is 14.8. The molecule has 0 spiro atoms. The van der Waals surface area contributed by atoms with Gasteiger partial charge >= 0.3 is 0 Å². The fourth-order valence-electron chi connectivity index (χ4n) is 4.40. The molecule has 2 aliphatic carbocycles. The van der Waals surface area contributed by atoms with Gasteiger partial charge in [0.2, 0.25) is 0 Å². The highest BCUT2D eigenvalue weighted by Crippen LogP contribution is 2.52. The monoisotopic (exact) mass is 323 g/mol. The minimum Gasteiger partial charge on any atom is -0.294 e. The number of nitrogens with zero attached hydrogens (tertiary/aromatic N) is 1. The van der Waals surface area contributed by atoms with Gasteiger partial charge in [-0.3, -0.25) is 4.79 Å². The van der Waals surface area contributed by atoms with Gasteiger partial charge in [-0.25, -0.2) is 4.98 Å². The molecule has 0 aliphatic heterocycles. The summed E-state index contributed by atoms with van der Waals surface area (Å²) in [7, 11) is 0. The molecule has 0 radical (unpaired) electrons. The maximum Gasteiger partial charge on any atom is 0.160 e. The number of ketones is 1. The summed E-state index contributed by atoms with van der Waals surface area (Å²) in [5.74, 6) is 0.321. The van der Waals surface area contributed by atoms with Crippen molar-refractivity contribution in [2.24, 2.45) is 5.41 Å². The average Bonchev–Trinajstić information content (AvgIpc) is 2.95. The number of hydrogen-bond donors (Lipinski definition) is 0. The van der Waals surface area contributed by atoms with E-state index in [0.29, 0.717) is 12.2 Å². The lowest BCUT2D eigenvalue weighted by Gasteiger charge is -2.43. The second-order valence-electron chi connectivity index (χ2n) is 7.72. The highest BCUT2D eigenvalue weighted by atomic mass is 32.1. The third-order valence-electron chi connectivity index (χ3n) is 5.29. The molecule has 2 aromatic rings. The molecule has 2 nitrogen and oxygen atoms in total. The third-order valence-corrected chi connectivity index (χ3v) is 6.38. The van der Waals surface area contributed by atoms with Gasteiger partial charge in [0.1, 0.15) is 0 Å². The lowest BCUT2D eigenvalue weighted by atomic mass is 9.60. The molecule has 118 valence electrons. The number of hydrogen-bond acceptors (Lipinski definition) is 3. The molecule has 0 saturated carbocycles. The second-order valence-corrected chi connectivity index (χ2v) is 8.57. The molecule has 4 rings (SSSR count). The van der Waals surface area contributed by atoms with Crippen molar-refractivity contribution in [3.05, 3.63) is 63.1 Å². The zero-order valence-electron chi connectivity index (χ0n) is 13.8. The van der Waals surface area contributed by atoms with E-state index in [9.17, 15) is 4.79 Å². The molecule has 3 heteroatoms. The predicted molar refractivity (Wildman–Crippen MR) is 93.8 cm³/mol. The van der Waals surface area contributed by atoms with Crippen molar-refractivity contribution in [1.82, 2.24) is 4.98 Å². The number of allylic oxidation sites excluding steroid dienone is 2. The number of thiazole rings is 1. The van der Waals surface area contributed by atoms with E-state index < -0.39 is 0 Å². The number of aromatic nitrogens is 1. The molecule has 0 amide bonds. The molecular weight excluding hydrogens is 302 g/mol. The Morgan fingerprint density at radius 3 is 2.57 bits per heavy atom. The van der Waals surface area contributed by atoms with Gasteiger partial charge in [0.05, 0.1) is 16.6 Å². The Kier molecular flexibility index (Phi) is 3.14. The Morgan fingerprint density at radius 1 is 1.09 bits per heavy atom. The first-order valence-electron chi connectivity index (χ1n) is 8.16. The minimum absolute atomic E-state index is 0.0566. The van der Waals surface area contributed by atoms with Gasteiger partial charge < -0.3 is 0 Å². The fourth-order valence-corrected chi connectivity index (χ4v) is 5.40. The van der Waals surface area contributed by atoms with Gasteiger partial charge in [-0.05, 0) is 24.3 Å². The van der Waals surface area contributed by atoms with Gasteiger partial charge in [0.25, 0.3) is 0 Å². The van der Waals surface area contributed by atoms with Crippen LogP contribution in [-0.4, -0.2) is 10.8 Å². The van der Waals surface area contributed by atoms with Crippen molar-refractivity contribution in [2.45, 2.75) is 45.4 Å². The van der Waals surface area contributed by atoms with Gasteiger partial charge in [-0.1, -0.05) is 49.8 Å². The molecular formula is C20H21NOS. The second kappa shape index (κ2) is 4.88. The van der Waals surface area contributed by atoms with Gasteiger partial charge in [-0.2, -0.15) is 0 Å². The number of benzene rings is 1. The minimum atomic E-state index is -0.348. The normalized spacial score (nSPS) is 26.0. The highest BCUT2D eigenvalue weighted by Gasteiger charge is 2.48. The summed E-state index contributed by atoms with van der Waals surface area (Å²) in [6.45, 7) is 6.61. The maximum absolute atomic E-state index is 13.1. The van der Waals surface area contributed by atoms with E-state index in [1.807, 2.05) is 11.6 Å². The van der Waals surface area contributed by atoms with Crippen molar-refractivity contribution in [3.8, 4) is 0 Å². The first-order chi connectivity index (χ1) is 10.9. The smallest absolute Gasteiger partial charge is 0.160 e. The van der Waals surface area contributed by atoms with Crippen LogP contribution in [0.1, 0.15) is 49.7 Å². The van der Waals surface area contributed by atoms with E-state index in [1.165, 1.54) is 16.0 Å². The van der Waals surface area contributed by atoms with E-state index in [4.69, 9.17) is 0 Å². The van der Waals surface area contributed by atoms with Crippen LogP contribution in [0.4, 0.5) is 0 Å². The SMILES string of the molecule is CC1(C)CC(=O)C2=C(Cc3ncsc3[C@]2(C)c2ccccc2)C1. The zero-order valence-corrected chi connectivity index (χ0v) is 14.7. The van der Waals surface area contributed by atoms with Crippen LogP contribution in [0.2, 0.25) is 0 Å². The number of rotatable bonds is 1.